The zero-order valence-electron chi connectivity index (χ0n) is 11.5. The monoisotopic (exact) mass is 244 g/mol. The molecule has 1 aromatic carbocycles. The molecule has 0 spiro atoms. The highest BCUT2D eigenvalue weighted by molar-refractivity contribution is 5.32. The van der Waals surface area contributed by atoms with Gasteiger partial charge in [0.1, 0.15) is 0 Å². The minimum absolute atomic E-state index is 0.497. The predicted octanol–water partition coefficient (Wildman–Crippen LogP) is 2.51. The highest BCUT2D eigenvalue weighted by Gasteiger charge is 2.44. The smallest absolute Gasteiger partial charge is 0.0449 e. The van der Waals surface area contributed by atoms with Crippen LogP contribution >= 0.6 is 0 Å². The first-order valence-corrected chi connectivity index (χ1v) is 7.19. The van der Waals surface area contributed by atoms with Gasteiger partial charge in [0.25, 0.3) is 0 Å². The third-order valence-electron chi connectivity index (χ3n) is 4.67. The molecule has 0 aromatic heterocycles. The van der Waals surface area contributed by atoms with Crippen LogP contribution in [0.25, 0.3) is 0 Å². The van der Waals surface area contributed by atoms with E-state index in [1.54, 1.807) is 0 Å². The second-order valence-corrected chi connectivity index (χ2v) is 6.50. The van der Waals surface area contributed by atoms with Crippen LogP contribution in [0.4, 0.5) is 0 Å². The van der Waals surface area contributed by atoms with Crippen LogP contribution in [0.1, 0.15) is 37.4 Å². The molecule has 0 bridgehead atoms. The van der Waals surface area contributed by atoms with Gasteiger partial charge >= 0.3 is 0 Å². The fraction of sp³-hybridized carbons (Fsp3) is 0.625. The van der Waals surface area contributed by atoms with E-state index in [1.165, 1.54) is 30.5 Å². The van der Waals surface area contributed by atoms with E-state index in [-0.39, 0.29) is 0 Å². The van der Waals surface area contributed by atoms with E-state index in [0.717, 1.165) is 19.0 Å². The van der Waals surface area contributed by atoms with Crippen LogP contribution in [0.2, 0.25) is 0 Å². The first-order valence-electron chi connectivity index (χ1n) is 7.19. The topological polar surface area (TPSA) is 24.1 Å². The Hall–Kier alpha value is -0.860. The van der Waals surface area contributed by atoms with Crippen LogP contribution in [-0.2, 0) is 6.42 Å². The average Bonchev–Trinajstić information content (AvgIpc) is 2.97. The second-order valence-electron chi connectivity index (χ2n) is 6.50. The van der Waals surface area contributed by atoms with Crippen molar-refractivity contribution in [3.05, 3.63) is 35.4 Å². The number of nitrogens with one attached hydrogen (secondary N) is 2. The molecule has 1 aliphatic heterocycles. The van der Waals surface area contributed by atoms with Crippen molar-refractivity contribution >= 4 is 0 Å². The summed E-state index contributed by atoms with van der Waals surface area (Å²) in [4.78, 5) is 0. The summed E-state index contributed by atoms with van der Waals surface area (Å²) in [6, 6.07) is 9.35. The molecular formula is C16H24N2. The Bertz CT molecular complexity index is 425. The Morgan fingerprint density at radius 2 is 2.06 bits per heavy atom. The highest BCUT2D eigenvalue weighted by Crippen LogP contribution is 2.50. The Morgan fingerprint density at radius 1 is 1.28 bits per heavy atom. The summed E-state index contributed by atoms with van der Waals surface area (Å²) >= 11 is 0. The summed E-state index contributed by atoms with van der Waals surface area (Å²) in [5, 5.41) is 7.28. The molecule has 2 N–H and O–H groups in total. The molecule has 1 saturated carbocycles. The number of benzene rings is 1. The van der Waals surface area contributed by atoms with Gasteiger partial charge in [-0.1, -0.05) is 38.1 Å². The van der Waals surface area contributed by atoms with Crippen molar-refractivity contribution in [3.63, 3.8) is 0 Å². The van der Waals surface area contributed by atoms with Gasteiger partial charge in [-0.3, -0.25) is 0 Å². The molecule has 2 unspecified atom stereocenters. The molecule has 1 aromatic rings. The van der Waals surface area contributed by atoms with Gasteiger partial charge in [0.2, 0.25) is 0 Å². The molecule has 2 atom stereocenters. The lowest BCUT2D eigenvalue weighted by Crippen LogP contribution is -2.37. The number of hydrogen-bond acceptors (Lipinski definition) is 2. The molecule has 2 aliphatic rings. The van der Waals surface area contributed by atoms with E-state index in [9.17, 15) is 0 Å². The molecule has 3 rings (SSSR count). The first-order chi connectivity index (χ1) is 8.67. The van der Waals surface area contributed by atoms with Gasteiger partial charge < -0.3 is 10.6 Å². The Labute approximate surface area is 110 Å². The van der Waals surface area contributed by atoms with E-state index in [1.807, 2.05) is 0 Å². The van der Waals surface area contributed by atoms with Crippen molar-refractivity contribution < 1.29 is 0 Å². The average molecular weight is 244 g/mol. The zero-order valence-corrected chi connectivity index (χ0v) is 11.5. The lowest BCUT2D eigenvalue weighted by molar-refractivity contribution is 0.447. The minimum Gasteiger partial charge on any atom is -0.315 e. The molecular weight excluding hydrogens is 220 g/mol. The van der Waals surface area contributed by atoms with E-state index in [2.05, 4.69) is 48.7 Å². The van der Waals surface area contributed by atoms with Crippen molar-refractivity contribution in [1.82, 2.24) is 10.6 Å². The third kappa shape index (κ3) is 2.45. The van der Waals surface area contributed by atoms with E-state index in [0.29, 0.717) is 11.5 Å². The van der Waals surface area contributed by atoms with Crippen LogP contribution in [0.5, 0.6) is 0 Å². The van der Waals surface area contributed by atoms with Crippen molar-refractivity contribution in [2.45, 2.75) is 32.7 Å². The van der Waals surface area contributed by atoms with Crippen LogP contribution < -0.4 is 10.6 Å². The SMILES string of the molecule is CC1(C)CC1CNCC1NCCc2ccccc21. The van der Waals surface area contributed by atoms with Crippen molar-refractivity contribution in [1.29, 1.82) is 0 Å². The van der Waals surface area contributed by atoms with Crippen LogP contribution in [0.15, 0.2) is 24.3 Å². The zero-order chi connectivity index (χ0) is 12.6. The molecule has 98 valence electrons. The van der Waals surface area contributed by atoms with Crippen LogP contribution in [0.3, 0.4) is 0 Å². The maximum atomic E-state index is 3.65. The maximum absolute atomic E-state index is 3.65. The molecule has 0 amide bonds. The van der Waals surface area contributed by atoms with Gasteiger partial charge in [0.05, 0.1) is 0 Å². The summed E-state index contributed by atoms with van der Waals surface area (Å²) in [5.74, 6) is 0.885. The van der Waals surface area contributed by atoms with Gasteiger partial charge in [0.15, 0.2) is 0 Å². The predicted molar refractivity (Wildman–Crippen MR) is 75.6 cm³/mol. The molecule has 2 nitrogen and oxygen atoms in total. The second kappa shape index (κ2) is 4.67. The van der Waals surface area contributed by atoms with Gasteiger partial charge in [-0.25, -0.2) is 0 Å². The van der Waals surface area contributed by atoms with Crippen molar-refractivity contribution in [2.75, 3.05) is 19.6 Å². The molecule has 1 fully saturated rings. The summed E-state index contributed by atoms with van der Waals surface area (Å²) in [6.45, 7) is 8.08. The van der Waals surface area contributed by atoms with E-state index >= 15 is 0 Å². The standard InChI is InChI=1S/C16H24N2/c1-16(2)9-13(16)10-17-11-15-14-6-4-3-5-12(14)7-8-18-15/h3-6,13,15,17-18H,7-11H2,1-2H3. The van der Waals surface area contributed by atoms with Gasteiger partial charge in [-0.15, -0.1) is 0 Å². The lowest BCUT2D eigenvalue weighted by atomic mass is 9.94. The fourth-order valence-corrected chi connectivity index (χ4v) is 3.10. The Balaban J connectivity index is 1.55. The van der Waals surface area contributed by atoms with Gasteiger partial charge in [-0.05, 0) is 48.4 Å². The summed E-state index contributed by atoms with van der Waals surface area (Å²) in [7, 11) is 0. The van der Waals surface area contributed by atoms with Crippen LogP contribution in [0, 0.1) is 11.3 Å². The quantitative estimate of drug-likeness (QED) is 0.850. The molecule has 1 aliphatic carbocycles. The maximum Gasteiger partial charge on any atom is 0.0449 e. The summed E-state index contributed by atoms with van der Waals surface area (Å²) in [5.41, 5.74) is 3.60. The highest BCUT2D eigenvalue weighted by atomic mass is 15.0. The van der Waals surface area contributed by atoms with Crippen molar-refractivity contribution in [3.8, 4) is 0 Å². The van der Waals surface area contributed by atoms with E-state index < -0.39 is 0 Å². The summed E-state index contributed by atoms with van der Waals surface area (Å²) in [6.07, 6.45) is 2.55. The number of hydrogen-bond donors (Lipinski definition) is 2. The number of rotatable bonds is 4. The molecule has 2 heteroatoms. The Morgan fingerprint density at radius 3 is 2.83 bits per heavy atom. The molecule has 0 saturated heterocycles. The minimum atomic E-state index is 0.497. The molecule has 1 heterocycles. The van der Waals surface area contributed by atoms with E-state index in [4.69, 9.17) is 0 Å². The first kappa shape index (κ1) is 12.2. The fourth-order valence-electron chi connectivity index (χ4n) is 3.10. The normalized spacial score (nSPS) is 28.8. The van der Waals surface area contributed by atoms with Gasteiger partial charge in [0, 0.05) is 12.6 Å². The third-order valence-corrected chi connectivity index (χ3v) is 4.67. The van der Waals surface area contributed by atoms with Crippen LogP contribution in [-0.4, -0.2) is 19.6 Å². The number of fused-ring (bicyclic) bond motifs is 1. The molecule has 0 radical (unpaired) electrons. The molecule has 18 heavy (non-hydrogen) atoms. The van der Waals surface area contributed by atoms with Crippen molar-refractivity contribution in [2.24, 2.45) is 11.3 Å². The lowest BCUT2D eigenvalue weighted by Gasteiger charge is -2.27. The Kier molecular flexibility index (Phi) is 3.16. The largest absolute Gasteiger partial charge is 0.315 e. The van der Waals surface area contributed by atoms with Gasteiger partial charge in [-0.2, -0.15) is 0 Å². The summed E-state index contributed by atoms with van der Waals surface area (Å²) < 4.78 is 0.